The van der Waals surface area contributed by atoms with Crippen molar-refractivity contribution in [1.82, 2.24) is 9.13 Å². The molecular formula is C23H18Cl2FN3O. The van der Waals surface area contributed by atoms with Crippen molar-refractivity contribution in [3.63, 3.8) is 0 Å². The molecule has 0 atom stereocenters. The molecule has 0 spiro atoms. The van der Waals surface area contributed by atoms with Crippen LogP contribution in [0.25, 0.3) is 11.0 Å². The third-order valence-corrected chi connectivity index (χ3v) is 5.89. The summed E-state index contributed by atoms with van der Waals surface area (Å²) in [6.07, 6.45) is 0. The fourth-order valence-corrected chi connectivity index (χ4v) is 3.82. The maximum atomic E-state index is 13.5. The van der Waals surface area contributed by atoms with Crippen LogP contribution in [0.4, 0.5) is 4.39 Å². The molecule has 4 rings (SSSR count). The first-order valence-corrected chi connectivity index (χ1v) is 10.1. The number of aromatic nitrogens is 2. The van der Waals surface area contributed by atoms with Gasteiger partial charge in [-0.05, 0) is 60.5 Å². The lowest BCUT2D eigenvalue weighted by atomic mass is 10.1. The highest BCUT2D eigenvalue weighted by Crippen LogP contribution is 2.23. The second-order valence-electron chi connectivity index (χ2n) is 7.11. The van der Waals surface area contributed by atoms with Gasteiger partial charge in [-0.3, -0.25) is 10.2 Å². The fourth-order valence-electron chi connectivity index (χ4n) is 3.53. The largest absolute Gasteiger partial charge is 0.306 e. The van der Waals surface area contributed by atoms with Crippen molar-refractivity contribution in [2.24, 2.45) is 0 Å². The van der Waals surface area contributed by atoms with E-state index in [9.17, 15) is 9.18 Å². The quantitative estimate of drug-likeness (QED) is 0.402. The number of fused-ring (bicyclic) bond motifs is 1. The van der Waals surface area contributed by atoms with Crippen LogP contribution < -0.4 is 5.62 Å². The first-order valence-electron chi connectivity index (χ1n) is 9.31. The lowest BCUT2D eigenvalue weighted by Crippen LogP contribution is -2.27. The maximum absolute atomic E-state index is 13.5. The minimum atomic E-state index is -0.290. The van der Waals surface area contributed by atoms with Crippen LogP contribution in [0.2, 0.25) is 10.0 Å². The second-order valence-corrected chi connectivity index (χ2v) is 7.92. The molecule has 1 aromatic heterocycles. The van der Waals surface area contributed by atoms with Crippen LogP contribution in [0.5, 0.6) is 0 Å². The third-order valence-electron chi connectivity index (χ3n) is 5.15. The van der Waals surface area contributed by atoms with Crippen LogP contribution in [0, 0.1) is 18.2 Å². The van der Waals surface area contributed by atoms with E-state index >= 15 is 0 Å². The molecule has 3 aromatic carbocycles. The Labute approximate surface area is 182 Å². The Morgan fingerprint density at radius 2 is 1.67 bits per heavy atom. The highest BCUT2D eigenvalue weighted by atomic mass is 35.5. The number of nitrogens with one attached hydrogen (secondary N) is 1. The van der Waals surface area contributed by atoms with Crippen LogP contribution in [0.15, 0.2) is 60.7 Å². The Morgan fingerprint density at radius 1 is 0.967 bits per heavy atom. The van der Waals surface area contributed by atoms with Gasteiger partial charge in [0.25, 0.3) is 0 Å². The minimum Gasteiger partial charge on any atom is -0.306 e. The summed E-state index contributed by atoms with van der Waals surface area (Å²) in [5.41, 5.74) is 3.94. The minimum absolute atomic E-state index is 0.00723. The Morgan fingerprint density at radius 3 is 2.33 bits per heavy atom. The fraction of sp³-hybridized carbons (Fsp3) is 0.130. The molecule has 30 heavy (non-hydrogen) atoms. The molecule has 0 saturated heterocycles. The van der Waals surface area contributed by atoms with Crippen molar-refractivity contribution >= 4 is 40.0 Å². The summed E-state index contributed by atoms with van der Waals surface area (Å²) in [6.45, 7) is 2.24. The van der Waals surface area contributed by atoms with Gasteiger partial charge in [0.1, 0.15) is 5.82 Å². The number of halogens is 3. The highest BCUT2D eigenvalue weighted by Gasteiger charge is 2.16. The van der Waals surface area contributed by atoms with Crippen LogP contribution >= 0.6 is 23.2 Å². The summed E-state index contributed by atoms with van der Waals surface area (Å²) in [7, 11) is 0. The van der Waals surface area contributed by atoms with E-state index in [1.54, 1.807) is 22.8 Å². The number of ketones is 1. The number of benzene rings is 3. The van der Waals surface area contributed by atoms with Crippen molar-refractivity contribution in [3.05, 3.63) is 98.8 Å². The van der Waals surface area contributed by atoms with Gasteiger partial charge in [-0.1, -0.05) is 41.4 Å². The first kappa shape index (κ1) is 20.4. The molecule has 152 valence electrons. The molecule has 0 aliphatic carbocycles. The molecule has 4 nitrogen and oxygen atoms in total. The molecule has 7 heteroatoms. The second kappa shape index (κ2) is 8.09. The average molecular weight is 442 g/mol. The normalized spacial score (nSPS) is 11.2. The summed E-state index contributed by atoms with van der Waals surface area (Å²) in [5.74, 6) is -0.463. The third kappa shape index (κ3) is 3.78. The number of hydrogen-bond acceptors (Lipinski definition) is 2. The Kier molecular flexibility index (Phi) is 5.50. The maximum Gasteiger partial charge on any atom is 0.203 e. The van der Waals surface area contributed by atoms with E-state index in [2.05, 4.69) is 0 Å². The molecule has 0 bridgehead atoms. The summed E-state index contributed by atoms with van der Waals surface area (Å²) >= 11 is 12.0. The number of hydrogen-bond donors (Lipinski definition) is 1. The van der Waals surface area contributed by atoms with Crippen LogP contribution in [-0.2, 0) is 13.1 Å². The van der Waals surface area contributed by atoms with Gasteiger partial charge in [0.05, 0.1) is 34.2 Å². The van der Waals surface area contributed by atoms with Crippen molar-refractivity contribution in [1.29, 1.82) is 5.41 Å². The van der Waals surface area contributed by atoms with Crippen LogP contribution in [-0.4, -0.2) is 14.9 Å². The van der Waals surface area contributed by atoms with Crippen molar-refractivity contribution in [2.45, 2.75) is 20.0 Å². The SMILES string of the molecule is Cc1cc(F)ccc1Cn1c(=N)n(CC(=O)c2ccc(Cl)c(Cl)c2)c2ccccc21. The number of nitrogens with zero attached hydrogens (tertiary/aromatic N) is 2. The van der Waals surface area contributed by atoms with Gasteiger partial charge in [0.2, 0.25) is 5.62 Å². The summed E-state index contributed by atoms with van der Waals surface area (Å²) in [4.78, 5) is 12.9. The van der Waals surface area contributed by atoms with Crippen molar-refractivity contribution in [2.75, 3.05) is 0 Å². The van der Waals surface area contributed by atoms with E-state index in [1.165, 1.54) is 18.2 Å². The molecule has 1 N–H and O–H groups in total. The number of rotatable bonds is 5. The van der Waals surface area contributed by atoms with Gasteiger partial charge >= 0.3 is 0 Å². The topological polar surface area (TPSA) is 50.8 Å². The number of carbonyl (C=O) groups is 1. The number of aryl methyl sites for hydroxylation is 1. The zero-order valence-electron chi connectivity index (χ0n) is 16.1. The highest BCUT2D eigenvalue weighted by molar-refractivity contribution is 6.42. The molecule has 0 unspecified atom stereocenters. The molecule has 4 aromatic rings. The number of carbonyl (C=O) groups excluding carboxylic acids is 1. The molecule has 0 aliphatic rings. The summed E-state index contributed by atoms with van der Waals surface area (Å²) in [5, 5.41) is 9.42. The molecule has 0 saturated carbocycles. The van der Waals surface area contributed by atoms with Gasteiger partial charge in [0.15, 0.2) is 5.78 Å². The first-order chi connectivity index (χ1) is 14.3. The molecule has 0 fully saturated rings. The van der Waals surface area contributed by atoms with Gasteiger partial charge in [-0.15, -0.1) is 0 Å². The number of para-hydroxylation sites is 2. The zero-order chi connectivity index (χ0) is 21.4. The van der Waals surface area contributed by atoms with Crippen LogP contribution in [0.1, 0.15) is 21.5 Å². The van der Waals surface area contributed by atoms with Crippen LogP contribution in [0.3, 0.4) is 0 Å². The van der Waals surface area contributed by atoms with E-state index in [0.717, 1.165) is 22.2 Å². The van der Waals surface area contributed by atoms with E-state index < -0.39 is 0 Å². The van der Waals surface area contributed by atoms with Gasteiger partial charge in [0, 0.05) is 5.56 Å². The monoisotopic (exact) mass is 441 g/mol. The molecule has 0 aliphatic heterocycles. The zero-order valence-corrected chi connectivity index (χ0v) is 17.6. The Hall–Kier alpha value is -2.89. The van der Waals surface area contributed by atoms with E-state index in [4.69, 9.17) is 28.6 Å². The van der Waals surface area contributed by atoms with Gasteiger partial charge in [-0.25, -0.2) is 4.39 Å². The van der Waals surface area contributed by atoms with E-state index in [-0.39, 0.29) is 23.8 Å². The average Bonchev–Trinajstić information content (AvgIpc) is 2.98. The summed E-state index contributed by atoms with van der Waals surface area (Å²) < 4.78 is 17.0. The lowest BCUT2D eigenvalue weighted by Gasteiger charge is -2.08. The van der Waals surface area contributed by atoms with E-state index in [1.807, 2.05) is 35.8 Å². The smallest absolute Gasteiger partial charge is 0.203 e. The Balaban J connectivity index is 1.76. The van der Waals surface area contributed by atoms with Gasteiger partial charge in [-0.2, -0.15) is 0 Å². The number of imidazole rings is 1. The molecule has 0 amide bonds. The molecular weight excluding hydrogens is 424 g/mol. The molecule has 0 radical (unpaired) electrons. The Bertz CT molecular complexity index is 1340. The van der Waals surface area contributed by atoms with Gasteiger partial charge < -0.3 is 9.13 Å². The number of Topliss-reactive ketones (excluding diaryl/α,β-unsaturated/α-hetero) is 1. The van der Waals surface area contributed by atoms with Crippen molar-refractivity contribution < 1.29 is 9.18 Å². The predicted molar refractivity (Wildman–Crippen MR) is 117 cm³/mol. The summed E-state index contributed by atoms with van der Waals surface area (Å²) in [6, 6.07) is 16.9. The standard InChI is InChI=1S/C23H18Cl2FN3O/c1-14-10-17(26)8-6-16(14)12-28-20-4-2-3-5-21(20)29(23(28)27)13-22(30)15-7-9-18(24)19(25)11-15/h2-11,27H,12-13H2,1H3. The molecule has 1 heterocycles. The van der Waals surface area contributed by atoms with Crippen molar-refractivity contribution in [3.8, 4) is 0 Å². The van der Waals surface area contributed by atoms with E-state index in [0.29, 0.717) is 22.2 Å². The predicted octanol–water partition coefficient (Wildman–Crippen LogP) is 5.61. The lowest BCUT2D eigenvalue weighted by molar-refractivity contribution is 0.0971.